The summed E-state index contributed by atoms with van der Waals surface area (Å²) in [5.74, 6) is 0.798. The first kappa shape index (κ1) is 13.0. The number of hydrogen-bond acceptors (Lipinski definition) is 5. The lowest BCUT2D eigenvalue weighted by Gasteiger charge is -2.34. The molecule has 0 bridgehead atoms. The molecule has 3 rings (SSSR count). The van der Waals surface area contributed by atoms with Gasteiger partial charge in [-0.15, -0.1) is 0 Å². The third-order valence-corrected chi connectivity index (χ3v) is 4.20. The van der Waals surface area contributed by atoms with Crippen LogP contribution in [-0.4, -0.2) is 40.6 Å². The molecule has 2 aliphatic heterocycles. The first-order valence-corrected chi connectivity index (χ1v) is 7.10. The highest BCUT2D eigenvalue weighted by molar-refractivity contribution is 5.20. The fraction of sp³-hybridized carbons (Fsp3) is 0.714. The Labute approximate surface area is 114 Å². The molecule has 5 nitrogen and oxygen atoms in total. The monoisotopic (exact) mass is 262 g/mol. The van der Waals surface area contributed by atoms with Gasteiger partial charge in [0.15, 0.2) is 5.82 Å². The summed E-state index contributed by atoms with van der Waals surface area (Å²) in [4.78, 5) is 11.6. The topological polar surface area (TPSA) is 64.3 Å². The molecule has 0 aliphatic carbocycles. The van der Waals surface area contributed by atoms with E-state index < -0.39 is 0 Å². The largest absolute Gasteiger partial charge is 0.367 e. The standard InChI is InChI=1S/C14H22N4O/c1-9(15)12-6-16-14(17-10(12)2)13-7-18-5-3-4-11(18)8-19-13/h6,9,11,13H,3-5,7-8,15H2,1-2H3/t9-,11?,13?/m1/s1. The number of morpholine rings is 1. The van der Waals surface area contributed by atoms with Gasteiger partial charge in [0, 0.05) is 36.1 Å². The van der Waals surface area contributed by atoms with E-state index in [2.05, 4.69) is 14.9 Å². The van der Waals surface area contributed by atoms with E-state index in [1.165, 1.54) is 19.4 Å². The number of ether oxygens (including phenoxy) is 1. The Balaban J connectivity index is 1.77. The molecule has 1 aromatic rings. The maximum Gasteiger partial charge on any atom is 0.158 e. The van der Waals surface area contributed by atoms with Crippen LogP contribution in [0, 0.1) is 6.92 Å². The Morgan fingerprint density at radius 1 is 1.53 bits per heavy atom. The summed E-state index contributed by atoms with van der Waals surface area (Å²) in [6, 6.07) is 0.588. The molecule has 0 spiro atoms. The predicted octanol–water partition coefficient (Wildman–Crippen LogP) is 1.34. The number of hydrogen-bond donors (Lipinski definition) is 1. The van der Waals surface area contributed by atoms with Crippen molar-refractivity contribution in [2.75, 3.05) is 19.7 Å². The molecule has 2 unspecified atom stereocenters. The molecular formula is C14H22N4O. The van der Waals surface area contributed by atoms with Crippen molar-refractivity contribution in [1.82, 2.24) is 14.9 Å². The van der Waals surface area contributed by atoms with E-state index in [-0.39, 0.29) is 12.1 Å². The maximum absolute atomic E-state index is 5.94. The maximum atomic E-state index is 5.94. The zero-order valence-corrected chi connectivity index (χ0v) is 11.7. The van der Waals surface area contributed by atoms with E-state index in [0.717, 1.165) is 30.2 Å². The van der Waals surface area contributed by atoms with Crippen LogP contribution in [0.4, 0.5) is 0 Å². The van der Waals surface area contributed by atoms with E-state index in [9.17, 15) is 0 Å². The molecule has 3 atom stereocenters. The number of fused-ring (bicyclic) bond motifs is 1. The Kier molecular flexibility index (Phi) is 3.52. The molecule has 5 heteroatoms. The number of aromatic nitrogens is 2. The molecule has 2 fully saturated rings. The molecule has 0 aromatic carbocycles. The second kappa shape index (κ2) is 5.15. The first-order chi connectivity index (χ1) is 9.15. The van der Waals surface area contributed by atoms with Crippen molar-refractivity contribution >= 4 is 0 Å². The van der Waals surface area contributed by atoms with E-state index in [1.807, 2.05) is 20.0 Å². The molecule has 19 heavy (non-hydrogen) atoms. The summed E-state index contributed by atoms with van der Waals surface area (Å²) in [7, 11) is 0. The van der Waals surface area contributed by atoms with Gasteiger partial charge in [0.1, 0.15) is 6.10 Å². The zero-order valence-electron chi connectivity index (χ0n) is 11.7. The second-order valence-corrected chi connectivity index (χ2v) is 5.67. The molecule has 2 saturated heterocycles. The fourth-order valence-corrected chi connectivity index (χ4v) is 3.07. The lowest BCUT2D eigenvalue weighted by Crippen LogP contribution is -2.42. The minimum atomic E-state index is -0.0238. The van der Waals surface area contributed by atoms with Gasteiger partial charge < -0.3 is 10.5 Å². The summed E-state index contributed by atoms with van der Waals surface area (Å²) < 4.78 is 5.94. The van der Waals surface area contributed by atoms with Gasteiger partial charge in [-0.3, -0.25) is 4.90 Å². The summed E-state index contributed by atoms with van der Waals surface area (Å²) in [5.41, 5.74) is 7.87. The number of aryl methyl sites for hydroxylation is 1. The molecule has 1 aromatic heterocycles. The Morgan fingerprint density at radius 3 is 3.11 bits per heavy atom. The molecule has 2 aliphatic rings. The first-order valence-electron chi connectivity index (χ1n) is 7.10. The summed E-state index contributed by atoms with van der Waals surface area (Å²) in [5, 5.41) is 0. The SMILES string of the molecule is Cc1nc(C2CN3CCCC3CO2)ncc1[C@@H](C)N. The highest BCUT2D eigenvalue weighted by Crippen LogP contribution is 2.29. The number of nitrogens with two attached hydrogens (primary N) is 1. The quantitative estimate of drug-likeness (QED) is 0.871. The molecule has 0 amide bonds. The predicted molar refractivity (Wildman–Crippen MR) is 72.7 cm³/mol. The number of rotatable bonds is 2. The van der Waals surface area contributed by atoms with Gasteiger partial charge in [0.05, 0.1) is 6.61 Å². The van der Waals surface area contributed by atoms with Crippen molar-refractivity contribution in [3.8, 4) is 0 Å². The Morgan fingerprint density at radius 2 is 2.37 bits per heavy atom. The van der Waals surface area contributed by atoms with Crippen LogP contribution in [0.5, 0.6) is 0 Å². The van der Waals surface area contributed by atoms with Gasteiger partial charge in [-0.2, -0.15) is 0 Å². The average Bonchev–Trinajstić information content (AvgIpc) is 2.85. The lowest BCUT2D eigenvalue weighted by atomic mass is 10.1. The van der Waals surface area contributed by atoms with Gasteiger partial charge in [-0.25, -0.2) is 9.97 Å². The van der Waals surface area contributed by atoms with Gasteiger partial charge in [0.25, 0.3) is 0 Å². The summed E-state index contributed by atoms with van der Waals surface area (Å²) in [6.45, 7) is 6.85. The van der Waals surface area contributed by atoms with Crippen LogP contribution in [0.2, 0.25) is 0 Å². The van der Waals surface area contributed by atoms with Crippen molar-refractivity contribution in [2.24, 2.45) is 5.73 Å². The van der Waals surface area contributed by atoms with E-state index in [0.29, 0.717) is 6.04 Å². The molecule has 104 valence electrons. The van der Waals surface area contributed by atoms with Gasteiger partial charge in [0.2, 0.25) is 0 Å². The summed E-state index contributed by atoms with van der Waals surface area (Å²) in [6.07, 6.45) is 4.40. The second-order valence-electron chi connectivity index (χ2n) is 5.67. The van der Waals surface area contributed by atoms with Crippen molar-refractivity contribution in [1.29, 1.82) is 0 Å². The van der Waals surface area contributed by atoms with E-state index in [1.54, 1.807) is 0 Å². The highest BCUT2D eigenvalue weighted by Gasteiger charge is 2.34. The molecule has 0 saturated carbocycles. The summed E-state index contributed by atoms with van der Waals surface area (Å²) >= 11 is 0. The minimum absolute atomic E-state index is 0.00943. The highest BCUT2D eigenvalue weighted by atomic mass is 16.5. The third kappa shape index (κ3) is 2.50. The Hall–Kier alpha value is -1.04. The third-order valence-electron chi connectivity index (χ3n) is 4.20. The fourth-order valence-electron chi connectivity index (χ4n) is 3.07. The van der Waals surface area contributed by atoms with Crippen LogP contribution >= 0.6 is 0 Å². The zero-order chi connectivity index (χ0) is 13.4. The van der Waals surface area contributed by atoms with Crippen LogP contribution in [0.15, 0.2) is 6.20 Å². The van der Waals surface area contributed by atoms with Crippen LogP contribution in [-0.2, 0) is 4.74 Å². The minimum Gasteiger partial charge on any atom is -0.367 e. The van der Waals surface area contributed by atoms with Gasteiger partial charge >= 0.3 is 0 Å². The van der Waals surface area contributed by atoms with E-state index in [4.69, 9.17) is 10.5 Å². The van der Waals surface area contributed by atoms with Crippen LogP contribution in [0.25, 0.3) is 0 Å². The molecule has 2 N–H and O–H groups in total. The van der Waals surface area contributed by atoms with Gasteiger partial charge in [-0.1, -0.05) is 0 Å². The normalized spacial score (nSPS) is 29.2. The smallest absolute Gasteiger partial charge is 0.158 e. The molecular weight excluding hydrogens is 240 g/mol. The average molecular weight is 262 g/mol. The van der Waals surface area contributed by atoms with Crippen LogP contribution < -0.4 is 5.73 Å². The van der Waals surface area contributed by atoms with Crippen molar-refractivity contribution < 1.29 is 4.74 Å². The van der Waals surface area contributed by atoms with Gasteiger partial charge in [-0.05, 0) is 33.2 Å². The molecule has 0 radical (unpaired) electrons. The van der Waals surface area contributed by atoms with E-state index >= 15 is 0 Å². The molecule has 3 heterocycles. The van der Waals surface area contributed by atoms with Crippen LogP contribution in [0.3, 0.4) is 0 Å². The van der Waals surface area contributed by atoms with Crippen molar-refractivity contribution in [2.45, 2.75) is 44.9 Å². The number of nitrogens with zero attached hydrogens (tertiary/aromatic N) is 3. The van der Waals surface area contributed by atoms with Crippen molar-refractivity contribution in [3.63, 3.8) is 0 Å². The van der Waals surface area contributed by atoms with Crippen molar-refractivity contribution in [3.05, 3.63) is 23.3 Å². The van der Waals surface area contributed by atoms with Crippen LogP contribution in [0.1, 0.15) is 49.0 Å². The lowest BCUT2D eigenvalue weighted by molar-refractivity contribution is -0.0542. The Bertz CT molecular complexity index is 463.